The Labute approximate surface area is 251 Å². The number of rotatable bonds is 9. The number of piperidine rings is 1. The monoisotopic (exact) mass is 578 g/mol. The maximum absolute atomic E-state index is 13.8. The second-order valence-corrected chi connectivity index (χ2v) is 14.0. The quantitative estimate of drug-likeness (QED) is 0.449. The van der Waals surface area contributed by atoms with Crippen molar-refractivity contribution >= 4 is 17.7 Å². The van der Waals surface area contributed by atoms with Crippen LogP contribution in [0, 0.1) is 11.8 Å². The molecule has 8 heteroatoms. The Morgan fingerprint density at radius 2 is 1.64 bits per heavy atom. The number of amides is 3. The summed E-state index contributed by atoms with van der Waals surface area (Å²) in [6.45, 7) is 8.65. The smallest absolute Gasteiger partial charge is 0.320 e. The molecule has 2 bridgehead atoms. The van der Waals surface area contributed by atoms with Gasteiger partial charge in [0.05, 0.1) is 11.6 Å². The van der Waals surface area contributed by atoms with Crippen molar-refractivity contribution in [1.29, 1.82) is 0 Å². The summed E-state index contributed by atoms with van der Waals surface area (Å²) in [5.41, 5.74) is 1.07. The van der Waals surface area contributed by atoms with Crippen molar-refractivity contribution < 1.29 is 19.1 Å². The van der Waals surface area contributed by atoms with Crippen molar-refractivity contribution in [2.45, 2.75) is 114 Å². The van der Waals surface area contributed by atoms with Crippen molar-refractivity contribution in [2.75, 3.05) is 32.8 Å². The molecule has 5 aliphatic rings. The van der Waals surface area contributed by atoms with Crippen molar-refractivity contribution in [2.24, 2.45) is 11.8 Å². The Hall–Kier alpha value is -2.45. The number of nitrogens with zero attached hydrogens (tertiary/aromatic N) is 3. The Bertz CT molecular complexity index is 1100. The third kappa shape index (κ3) is 6.12. The lowest BCUT2D eigenvalue weighted by atomic mass is 9.81. The van der Waals surface area contributed by atoms with Crippen molar-refractivity contribution in [3.8, 4) is 0 Å². The zero-order chi connectivity index (χ0) is 29.3. The second-order valence-electron chi connectivity index (χ2n) is 14.0. The molecule has 1 spiro atoms. The summed E-state index contributed by atoms with van der Waals surface area (Å²) in [6.07, 6.45) is 9.80. The topological polar surface area (TPSA) is 82.2 Å². The molecule has 1 N–H and O–H groups in total. The van der Waals surface area contributed by atoms with Crippen molar-refractivity contribution in [1.82, 2.24) is 20.0 Å². The predicted octanol–water partition coefficient (Wildman–Crippen LogP) is 4.93. The Morgan fingerprint density at radius 3 is 2.29 bits per heavy atom. The lowest BCUT2D eigenvalue weighted by Crippen LogP contribution is -2.60. The standard InChI is InChI=1S/C34H50N4O4/c1-24(2)38-33(41)36(22-25-15-18-42-19-16-25)23-34(38)20-28-10-11-29(21-34)37(28)17-14-31(26-6-4-3-5-7-26)35-32(40)27-8-12-30(39)13-9-27/h3-7,24-25,27-29,31H,8-23H2,1-2H3,(H,35,40)/t28?,29?,31-,34?/m0/s1. The van der Waals surface area contributed by atoms with E-state index >= 15 is 0 Å². The highest BCUT2D eigenvalue weighted by Gasteiger charge is 2.57. The maximum Gasteiger partial charge on any atom is 0.320 e. The first kappa shape index (κ1) is 29.6. The van der Waals surface area contributed by atoms with Crippen LogP contribution in [0.4, 0.5) is 4.79 Å². The molecule has 230 valence electrons. The number of urea groups is 1. The van der Waals surface area contributed by atoms with Crippen LogP contribution in [-0.4, -0.2) is 88.9 Å². The number of ether oxygens (including phenoxy) is 1. The highest BCUT2D eigenvalue weighted by molar-refractivity contribution is 5.84. The van der Waals surface area contributed by atoms with E-state index in [1.54, 1.807) is 0 Å². The molecule has 5 fully saturated rings. The molecular formula is C34H50N4O4. The predicted molar refractivity (Wildman–Crippen MR) is 162 cm³/mol. The molecule has 2 unspecified atom stereocenters. The molecule has 1 saturated carbocycles. The molecule has 1 aromatic carbocycles. The zero-order valence-corrected chi connectivity index (χ0v) is 25.6. The molecule has 1 aliphatic carbocycles. The zero-order valence-electron chi connectivity index (χ0n) is 25.6. The van der Waals surface area contributed by atoms with Gasteiger partial charge in [-0.3, -0.25) is 14.5 Å². The van der Waals surface area contributed by atoms with Crippen molar-refractivity contribution in [3.05, 3.63) is 35.9 Å². The van der Waals surface area contributed by atoms with Crippen LogP contribution in [0.1, 0.15) is 96.1 Å². The number of hydrogen-bond donors (Lipinski definition) is 1. The van der Waals surface area contributed by atoms with E-state index in [1.165, 1.54) is 12.8 Å². The van der Waals surface area contributed by atoms with E-state index in [4.69, 9.17) is 4.74 Å². The number of carbonyl (C=O) groups excluding carboxylic acids is 3. The molecule has 4 saturated heterocycles. The Balaban J connectivity index is 1.12. The van der Waals surface area contributed by atoms with Crippen LogP contribution in [0.2, 0.25) is 0 Å². The van der Waals surface area contributed by atoms with Gasteiger partial charge in [0.1, 0.15) is 5.78 Å². The van der Waals surface area contributed by atoms with Crippen LogP contribution in [0.5, 0.6) is 0 Å². The molecule has 42 heavy (non-hydrogen) atoms. The summed E-state index contributed by atoms with van der Waals surface area (Å²) < 4.78 is 5.58. The average molecular weight is 579 g/mol. The highest BCUT2D eigenvalue weighted by atomic mass is 16.5. The summed E-state index contributed by atoms with van der Waals surface area (Å²) in [6, 6.07) is 11.7. The number of benzene rings is 1. The SMILES string of the molecule is CC(C)N1C(=O)N(CC2CCOCC2)CC12CC1CCC(C2)N1CC[C@H](NC(=O)C1CCC(=O)CC1)c1ccccc1. The minimum atomic E-state index is -0.0792. The second kappa shape index (κ2) is 12.7. The van der Waals surface area contributed by atoms with Gasteiger partial charge in [-0.2, -0.15) is 0 Å². The Morgan fingerprint density at radius 1 is 0.976 bits per heavy atom. The number of nitrogens with one attached hydrogen (secondary N) is 1. The van der Waals surface area contributed by atoms with Gasteiger partial charge in [0.25, 0.3) is 0 Å². The fourth-order valence-electron chi connectivity index (χ4n) is 8.89. The molecule has 6 rings (SSSR count). The fourth-order valence-corrected chi connectivity index (χ4v) is 8.89. The van der Waals surface area contributed by atoms with Gasteiger partial charge in [-0.05, 0) is 83.1 Å². The lowest BCUT2D eigenvalue weighted by Gasteiger charge is -2.49. The van der Waals surface area contributed by atoms with E-state index < -0.39 is 0 Å². The van der Waals surface area contributed by atoms with Crippen molar-refractivity contribution in [3.63, 3.8) is 0 Å². The van der Waals surface area contributed by atoms with Crippen LogP contribution in [0.25, 0.3) is 0 Å². The first-order chi connectivity index (χ1) is 20.3. The van der Waals surface area contributed by atoms with E-state index in [0.717, 1.165) is 70.5 Å². The summed E-state index contributed by atoms with van der Waals surface area (Å²) in [7, 11) is 0. The molecule has 1 aromatic rings. The van der Waals surface area contributed by atoms with Crippen LogP contribution in [-0.2, 0) is 14.3 Å². The summed E-state index contributed by atoms with van der Waals surface area (Å²) >= 11 is 0. The summed E-state index contributed by atoms with van der Waals surface area (Å²) in [5, 5.41) is 3.38. The maximum atomic E-state index is 13.8. The van der Waals surface area contributed by atoms with E-state index in [9.17, 15) is 14.4 Å². The van der Waals surface area contributed by atoms with E-state index in [-0.39, 0.29) is 41.3 Å². The molecule has 8 nitrogen and oxygen atoms in total. The van der Waals surface area contributed by atoms with Gasteiger partial charge in [0.15, 0.2) is 0 Å². The number of ketones is 1. The summed E-state index contributed by atoms with van der Waals surface area (Å²) in [5.74, 6) is 0.858. The largest absolute Gasteiger partial charge is 0.381 e. The number of carbonyl (C=O) groups is 3. The fraction of sp³-hybridized carbons (Fsp3) is 0.735. The van der Waals surface area contributed by atoms with Gasteiger partial charge in [0, 0.05) is 69.7 Å². The first-order valence-corrected chi connectivity index (χ1v) is 16.6. The third-order valence-corrected chi connectivity index (χ3v) is 10.9. The molecule has 4 heterocycles. The van der Waals surface area contributed by atoms with Gasteiger partial charge < -0.3 is 19.9 Å². The third-order valence-electron chi connectivity index (χ3n) is 10.9. The van der Waals surface area contributed by atoms with Gasteiger partial charge in [0.2, 0.25) is 5.91 Å². The average Bonchev–Trinajstić information content (AvgIpc) is 3.40. The number of Topliss-reactive ketones (excluding diaryl/α,β-unsaturated/α-hetero) is 1. The minimum Gasteiger partial charge on any atom is -0.381 e. The minimum absolute atomic E-state index is 0.0400. The van der Waals surface area contributed by atoms with Crippen LogP contribution in [0.15, 0.2) is 30.3 Å². The van der Waals surface area contributed by atoms with Gasteiger partial charge in [-0.15, -0.1) is 0 Å². The molecule has 4 aliphatic heterocycles. The van der Waals surface area contributed by atoms with E-state index in [2.05, 4.69) is 46.0 Å². The molecule has 0 aromatic heterocycles. The lowest BCUT2D eigenvalue weighted by molar-refractivity contribution is -0.129. The van der Waals surface area contributed by atoms with E-state index in [1.807, 2.05) is 18.2 Å². The van der Waals surface area contributed by atoms with Crippen LogP contribution in [0.3, 0.4) is 0 Å². The van der Waals surface area contributed by atoms with E-state index in [0.29, 0.717) is 43.7 Å². The molecular weight excluding hydrogens is 528 g/mol. The number of fused-ring (bicyclic) bond motifs is 2. The normalized spacial score (nSPS) is 30.1. The highest BCUT2D eigenvalue weighted by Crippen LogP contribution is 2.48. The van der Waals surface area contributed by atoms with Gasteiger partial charge >= 0.3 is 6.03 Å². The van der Waals surface area contributed by atoms with Crippen LogP contribution >= 0.6 is 0 Å². The molecule has 3 amide bonds. The summed E-state index contributed by atoms with van der Waals surface area (Å²) in [4.78, 5) is 45.9. The Kier molecular flexibility index (Phi) is 8.92. The number of hydrogen-bond acceptors (Lipinski definition) is 5. The van der Waals surface area contributed by atoms with Crippen LogP contribution < -0.4 is 5.32 Å². The first-order valence-electron chi connectivity index (χ1n) is 16.6. The van der Waals surface area contributed by atoms with Gasteiger partial charge in [-0.1, -0.05) is 30.3 Å². The molecule has 0 radical (unpaired) electrons. The molecule has 3 atom stereocenters. The van der Waals surface area contributed by atoms with Gasteiger partial charge in [-0.25, -0.2) is 4.79 Å².